The molecule has 2 aliphatic heterocycles. The number of carbonyl (C=O) groups excluding carboxylic acids is 1. The van der Waals surface area contributed by atoms with Crippen molar-refractivity contribution in [3.63, 3.8) is 0 Å². The SMILES string of the molecule is CCCCOC(=O)c1cc([N+](=O)[O-])cc2c1-c1c(cc([N+](=O)[O-])cc1[N+](=O)[O-])C2=C1SC2=C(CSC2)S1. The minimum atomic E-state index is -0.845. The Balaban J connectivity index is 1.83. The highest BCUT2D eigenvalue weighted by molar-refractivity contribution is 8.30. The Kier molecular flexibility index (Phi) is 6.72. The topological polar surface area (TPSA) is 156 Å². The lowest BCUT2D eigenvalue weighted by Crippen LogP contribution is -2.09. The van der Waals surface area contributed by atoms with Gasteiger partial charge in [0.2, 0.25) is 0 Å². The quantitative estimate of drug-likeness (QED) is 0.135. The van der Waals surface area contributed by atoms with E-state index < -0.39 is 32.1 Å². The van der Waals surface area contributed by atoms with Crippen molar-refractivity contribution in [1.82, 2.24) is 0 Å². The van der Waals surface area contributed by atoms with Crippen molar-refractivity contribution in [3.8, 4) is 11.1 Å². The molecule has 0 aromatic heterocycles. The minimum absolute atomic E-state index is 0.0214. The van der Waals surface area contributed by atoms with Gasteiger partial charge in [0, 0.05) is 56.2 Å². The molecule has 0 unspecified atom stereocenters. The Hall–Kier alpha value is -3.36. The molecule has 2 heterocycles. The maximum Gasteiger partial charge on any atom is 0.339 e. The highest BCUT2D eigenvalue weighted by atomic mass is 32.2. The van der Waals surface area contributed by atoms with Crippen LogP contribution >= 0.6 is 35.3 Å². The van der Waals surface area contributed by atoms with Crippen LogP contribution in [0.2, 0.25) is 0 Å². The average Bonchev–Trinajstić information content (AvgIpc) is 3.54. The van der Waals surface area contributed by atoms with Crippen LogP contribution in [-0.2, 0) is 4.74 Å². The van der Waals surface area contributed by atoms with Crippen LogP contribution in [0.15, 0.2) is 38.3 Å². The normalized spacial score (nSPS) is 15.5. The van der Waals surface area contributed by atoms with Crippen LogP contribution in [0.25, 0.3) is 16.7 Å². The van der Waals surface area contributed by atoms with E-state index in [1.165, 1.54) is 35.7 Å². The fourth-order valence-electron chi connectivity index (χ4n) is 4.35. The van der Waals surface area contributed by atoms with E-state index in [-0.39, 0.29) is 40.1 Å². The molecule has 0 amide bonds. The van der Waals surface area contributed by atoms with Gasteiger partial charge >= 0.3 is 5.97 Å². The molecule has 190 valence electrons. The summed E-state index contributed by atoms with van der Waals surface area (Å²) < 4.78 is 6.06. The largest absolute Gasteiger partial charge is 0.462 e. The van der Waals surface area contributed by atoms with Gasteiger partial charge in [0.25, 0.3) is 17.1 Å². The van der Waals surface area contributed by atoms with Gasteiger partial charge in [-0.05, 0) is 12.0 Å². The lowest BCUT2D eigenvalue weighted by Gasteiger charge is -2.11. The summed E-state index contributed by atoms with van der Waals surface area (Å²) in [6, 6.07) is 4.42. The van der Waals surface area contributed by atoms with E-state index in [1.54, 1.807) is 11.8 Å². The molecule has 37 heavy (non-hydrogen) atoms. The van der Waals surface area contributed by atoms with Crippen molar-refractivity contribution in [2.24, 2.45) is 0 Å². The van der Waals surface area contributed by atoms with Gasteiger partial charge in [-0.25, -0.2) is 4.79 Å². The standard InChI is InChI=1S/C23H17N3O8S3/c1-2-3-4-34-22(27)15-7-11(24(28)29)5-13-19(15)21-14(6-12(25(30)31)8-16(21)26(32)33)20(13)23-36-17-9-35-10-18(17)37-23/h5-8H,2-4,9-10H2,1H3. The van der Waals surface area contributed by atoms with Crippen LogP contribution in [0.5, 0.6) is 0 Å². The van der Waals surface area contributed by atoms with Gasteiger partial charge in [-0.2, -0.15) is 11.8 Å². The monoisotopic (exact) mass is 559 g/mol. The molecule has 0 radical (unpaired) electrons. The van der Waals surface area contributed by atoms with Crippen LogP contribution in [-0.4, -0.2) is 38.9 Å². The lowest BCUT2D eigenvalue weighted by molar-refractivity contribution is -0.393. The Morgan fingerprint density at radius 3 is 2.05 bits per heavy atom. The minimum Gasteiger partial charge on any atom is -0.462 e. The molecule has 5 rings (SSSR count). The summed E-state index contributed by atoms with van der Waals surface area (Å²) in [5.41, 5.74) is -0.601. The second-order valence-electron chi connectivity index (χ2n) is 8.27. The summed E-state index contributed by atoms with van der Waals surface area (Å²) in [6.45, 7) is 1.99. The zero-order valence-electron chi connectivity index (χ0n) is 19.2. The van der Waals surface area contributed by atoms with Gasteiger partial charge in [-0.1, -0.05) is 36.9 Å². The number of nitro groups is 3. The van der Waals surface area contributed by atoms with Crippen LogP contribution in [0.4, 0.5) is 17.1 Å². The average molecular weight is 560 g/mol. The maximum atomic E-state index is 13.1. The van der Waals surface area contributed by atoms with Crippen LogP contribution in [0.1, 0.15) is 41.3 Å². The lowest BCUT2D eigenvalue weighted by atomic mass is 9.97. The summed E-state index contributed by atoms with van der Waals surface area (Å²) in [7, 11) is 0. The molecule has 0 atom stereocenters. The van der Waals surface area contributed by atoms with Gasteiger partial charge in [-0.3, -0.25) is 30.3 Å². The molecule has 0 N–H and O–H groups in total. The Morgan fingerprint density at radius 1 is 0.892 bits per heavy atom. The Bertz CT molecular complexity index is 1470. The number of hydrogen-bond donors (Lipinski definition) is 0. The first kappa shape index (κ1) is 25.3. The first-order chi connectivity index (χ1) is 17.7. The molecule has 1 aliphatic carbocycles. The number of rotatable bonds is 7. The second-order valence-corrected chi connectivity index (χ2v) is 11.7. The van der Waals surface area contributed by atoms with Gasteiger partial charge < -0.3 is 4.74 Å². The first-order valence-electron chi connectivity index (χ1n) is 11.1. The van der Waals surface area contributed by atoms with E-state index >= 15 is 0 Å². The van der Waals surface area contributed by atoms with E-state index in [0.717, 1.165) is 39.9 Å². The summed E-state index contributed by atoms with van der Waals surface area (Å²) >= 11 is 4.66. The zero-order chi connectivity index (χ0) is 26.4. The molecular formula is C23H17N3O8S3. The van der Waals surface area contributed by atoms with Crippen molar-refractivity contribution in [2.45, 2.75) is 19.8 Å². The molecule has 2 aromatic rings. The highest BCUT2D eigenvalue weighted by Gasteiger charge is 2.41. The summed E-state index contributed by atoms with van der Waals surface area (Å²) in [5.74, 6) is 0.743. The molecule has 2 aromatic carbocycles. The number of fused-ring (bicyclic) bond motifs is 3. The second kappa shape index (κ2) is 9.84. The van der Waals surface area contributed by atoms with Crippen molar-refractivity contribution < 1.29 is 24.3 Å². The molecule has 0 saturated heterocycles. The van der Waals surface area contributed by atoms with Gasteiger partial charge in [0.15, 0.2) is 0 Å². The Morgan fingerprint density at radius 2 is 1.49 bits per heavy atom. The predicted molar refractivity (Wildman–Crippen MR) is 143 cm³/mol. The molecule has 0 saturated carbocycles. The molecular weight excluding hydrogens is 542 g/mol. The van der Waals surface area contributed by atoms with Crippen molar-refractivity contribution in [2.75, 3.05) is 18.1 Å². The summed E-state index contributed by atoms with van der Waals surface area (Å²) in [6.07, 6.45) is 1.32. The number of unbranched alkanes of at least 4 members (excludes halogenated alkanes) is 1. The zero-order valence-corrected chi connectivity index (χ0v) is 21.6. The highest BCUT2D eigenvalue weighted by Crippen LogP contribution is 2.62. The van der Waals surface area contributed by atoms with Crippen molar-refractivity contribution in [3.05, 3.63) is 85.3 Å². The van der Waals surface area contributed by atoms with Crippen LogP contribution in [0.3, 0.4) is 0 Å². The number of nitrogens with zero attached hydrogens (tertiary/aromatic N) is 3. The third-order valence-corrected chi connectivity index (χ3v) is 10.0. The number of ether oxygens (including phenoxy) is 1. The Labute approximate surface area is 222 Å². The summed E-state index contributed by atoms with van der Waals surface area (Å²) in [4.78, 5) is 48.9. The predicted octanol–water partition coefficient (Wildman–Crippen LogP) is 6.50. The molecule has 0 fully saturated rings. The van der Waals surface area contributed by atoms with Crippen molar-refractivity contribution >= 4 is 63.9 Å². The fourth-order valence-corrected chi connectivity index (χ4v) is 8.81. The molecule has 0 spiro atoms. The number of benzene rings is 2. The van der Waals surface area contributed by atoms with Crippen molar-refractivity contribution in [1.29, 1.82) is 0 Å². The number of non-ortho nitro benzene ring substituents is 2. The van der Waals surface area contributed by atoms with E-state index in [9.17, 15) is 35.1 Å². The number of nitro benzene ring substituents is 3. The summed E-state index contributed by atoms with van der Waals surface area (Å²) in [5, 5.41) is 35.6. The number of thioether (sulfide) groups is 3. The molecule has 11 nitrogen and oxygen atoms in total. The van der Waals surface area contributed by atoms with Crippen LogP contribution < -0.4 is 0 Å². The molecule has 0 bridgehead atoms. The van der Waals surface area contributed by atoms with Gasteiger partial charge in [0.05, 0.1) is 42.8 Å². The number of esters is 1. The third kappa shape index (κ3) is 4.38. The molecule has 14 heteroatoms. The van der Waals surface area contributed by atoms with E-state index in [2.05, 4.69) is 0 Å². The third-order valence-electron chi connectivity index (χ3n) is 6.00. The number of carbonyl (C=O) groups is 1. The van der Waals surface area contributed by atoms with Crippen LogP contribution in [0, 0.1) is 30.3 Å². The van der Waals surface area contributed by atoms with E-state index in [1.807, 2.05) is 6.92 Å². The smallest absolute Gasteiger partial charge is 0.339 e. The van der Waals surface area contributed by atoms with E-state index in [0.29, 0.717) is 16.2 Å². The van der Waals surface area contributed by atoms with Gasteiger partial charge in [0.1, 0.15) is 0 Å². The van der Waals surface area contributed by atoms with Gasteiger partial charge in [-0.15, -0.1) is 0 Å². The van der Waals surface area contributed by atoms with E-state index in [4.69, 9.17) is 4.74 Å². The fraction of sp³-hybridized carbons (Fsp3) is 0.261. The first-order valence-corrected chi connectivity index (χ1v) is 13.9. The molecule has 3 aliphatic rings. The number of hydrogen-bond acceptors (Lipinski definition) is 11. The maximum absolute atomic E-state index is 13.1.